The van der Waals surface area contributed by atoms with Gasteiger partial charge in [-0.25, -0.2) is 8.78 Å². The predicted octanol–water partition coefficient (Wildman–Crippen LogP) is 2.65. The summed E-state index contributed by atoms with van der Waals surface area (Å²) in [6, 6.07) is 2.11. The molecule has 0 atom stereocenters. The first-order chi connectivity index (χ1) is 8.39. The second-order valence-electron chi connectivity index (χ2n) is 4.61. The fourth-order valence-electron chi connectivity index (χ4n) is 1.34. The Balaban J connectivity index is 2.68. The van der Waals surface area contributed by atoms with Crippen LogP contribution in [0.3, 0.4) is 0 Å². The van der Waals surface area contributed by atoms with E-state index in [9.17, 15) is 8.78 Å². The third kappa shape index (κ3) is 3.92. The third-order valence-electron chi connectivity index (χ3n) is 2.74. The molecular formula is C13H18F2O3. The minimum atomic E-state index is -0.811. The quantitative estimate of drug-likeness (QED) is 0.854. The molecule has 0 unspecified atom stereocenters. The minimum absolute atomic E-state index is 0.146. The van der Waals surface area contributed by atoms with Gasteiger partial charge in [0.25, 0.3) is 0 Å². The van der Waals surface area contributed by atoms with Gasteiger partial charge in [0.2, 0.25) is 0 Å². The van der Waals surface area contributed by atoms with Crippen LogP contribution in [0, 0.1) is 11.6 Å². The molecule has 0 saturated heterocycles. The van der Waals surface area contributed by atoms with Gasteiger partial charge < -0.3 is 14.6 Å². The number of benzene rings is 1. The van der Waals surface area contributed by atoms with Crippen LogP contribution in [0.15, 0.2) is 12.1 Å². The molecule has 3 nitrogen and oxygen atoms in total. The maximum absolute atomic E-state index is 13.5. The van der Waals surface area contributed by atoms with Crippen molar-refractivity contribution in [2.75, 3.05) is 13.7 Å². The zero-order valence-electron chi connectivity index (χ0n) is 10.8. The van der Waals surface area contributed by atoms with Crippen LogP contribution < -0.4 is 4.74 Å². The van der Waals surface area contributed by atoms with Crippen molar-refractivity contribution in [2.45, 2.75) is 32.5 Å². The van der Waals surface area contributed by atoms with Crippen molar-refractivity contribution in [3.63, 3.8) is 0 Å². The number of aliphatic hydroxyl groups is 1. The van der Waals surface area contributed by atoms with E-state index in [4.69, 9.17) is 14.6 Å². The number of ether oxygens (including phenoxy) is 2. The van der Waals surface area contributed by atoms with Crippen LogP contribution in [0.2, 0.25) is 0 Å². The fraction of sp³-hybridized carbons (Fsp3) is 0.538. The topological polar surface area (TPSA) is 38.7 Å². The van der Waals surface area contributed by atoms with E-state index >= 15 is 0 Å². The molecule has 0 bridgehead atoms. The Kier molecular flexibility index (Phi) is 5.04. The van der Waals surface area contributed by atoms with Gasteiger partial charge in [0.05, 0.1) is 18.8 Å². The Hall–Kier alpha value is -1.20. The molecule has 5 heteroatoms. The number of halogens is 2. The second kappa shape index (κ2) is 6.11. The van der Waals surface area contributed by atoms with Crippen molar-refractivity contribution >= 4 is 0 Å². The SMILES string of the molecule is COC(C)(C)CCOc1c(F)cc(CO)cc1F. The summed E-state index contributed by atoms with van der Waals surface area (Å²) in [5.74, 6) is -2.04. The zero-order chi connectivity index (χ0) is 13.8. The Morgan fingerprint density at radius 3 is 2.22 bits per heavy atom. The molecule has 1 aromatic carbocycles. The van der Waals surface area contributed by atoms with Gasteiger partial charge in [-0.05, 0) is 31.5 Å². The van der Waals surface area contributed by atoms with Crippen molar-refractivity contribution in [3.05, 3.63) is 29.3 Å². The standard InChI is InChI=1S/C13H18F2O3/c1-13(2,17-3)4-5-18-12-10(14)6-9(8-16)7-11(12)15/h6-7,16H,4-5,8H2,1-3H3. The molecule has 0 fully saturated rings. The van der Waals surface area contributed by atoms with Crippen LogP contribution in [0.4, 0.5) is 8.78 Å². The average molecular weight is 260 g/mol. The van der Waals surface area contributed by atoms with Crippen LogP contribution in [0.1, 0.15) is 25.8 Å². The van der Waals surface area contributed by atoms with Gasteiger partial charge in [0.1, 0.15) is 0 Å². The number of aliphatic hydroxyl groups excluding tert-OH is 1. The van der Waals surface area contributed by atoms with Gasteiger partial charge in [0, 0.05) is 13.5 Å². The normalized spacial score (nSPS) is 11.7. The fourth-order valence-corrected chi connectivity index (χ4v) is 1.34. The van der Waals surface area contributed by atoms with Crippen LogP contribution in [-0.2, 0) is 11.3 Å². The van der Waals surface area contributed by atoms with E-state index in [0.717, 1.165) is 12.1 Å². The van der Waals surface area contributed by atoms with Crippen molar-refractivity contribution < 1.29 is 23.4 Å². The molecule has 0 amide bonds. The highest BCUT2D eigenvalue weighted by Gasteiger charge is 2.18. The Morgan fingerprint density at radius 1 is 1.22 bits per heavy atom. The van der Waals surface area contributed by atoms with Gasteiger partial charge in [-0.1, -0.05) is 0 Å². The van der Waals surface area contributed by atoms with Crippen LogP contribution in [-0.4, -0.2) is 24.4 Å². The van der Waals surface area contributed by atoms with Crippen molar-refractivity contribution in [3.8, 4) is 5.75 Å². The number of hydrogen-bond donors (Lipinski definition) is 1. The number of rotatable bonds is 6. The first-order valence-electron chi connectivity index (χ1n) is 5.66. The maximum Gasteiger partial charge on any atom is 0.190 e. The summed E-state index contributed by atoms with van der Waals surface area (Å²) in [6.45, 7) is 3.45. The largest absolute Gasteiger partial charge is 0.487 e. The van der Waals surface area contributed by atoms with E-state index in [1.807, 2.05) is 13.8 Å². The summed E-state index contributed by atoms with van der Waals surface area (Å²) in [7, 11) is 1.57. The Bertz CT molecular complexity index is 382. The number of hydrogen-bond acceptors (Lipinski definition) is 3. The third-order valence-corrected chi connectivity index (χ3v) is 2.74. The lowest BCUT2D eigenvalue weighted by atomic mass is 10.1. The summed E-state index contributed by atoms with van der Waals surface area (Å²) >= 11 is 0. The maximum atomic E-state index is 13.5. The Labute approximate surface area is 105 Å². The van der Waals surface area contributed by atoms with Crippen LogP contribution in [0.5, 0.6) is 5.75 Å². The monoisotopic (exact) mass is 260 g/mol. The van der Waals surface area contributed by atoms with E-state index in [1.165, 1.54) is 0 Å². The van der Waals surface area contributed by atoms with E-state index in [1.54, 1.807) is 7.11 Å². The molecule has 0 heterocycles. The molecule has 0 aliphatic rings. The molecule has 0 aromatic heterocycles. The molecule has 0 aliphatic heterocycles. The highest BCUT2D eigenvalue weighted by Crippen LogP contribution is 2.24. The summed E-state index contributed by atoms with van der Waals surface area (Å²) < 4.78 is 37.2. The van der Waals surface area contributed by atoms with Crippen LogP contribution >= 0.6 is 0 Å². The predicted molar refractivity (Wildman–Crippen MR) is 63.5 cm³/mol. The van der Waals surface area contributed by atoms with Crippen LogP contribution in [0.25, 0.3) is 0 Å². The Morgan fingerprint density at radius 2 is 1.78 bits per heavy atom. The lowest BCUT2D eigenvalue weighted by Gasteiger charge is -2.22. The van der Waals surface area contributed by atoms with Gasteiger partial charge in [-0.15, -0.1) is 0 Å². The molecule has 18 heavy (non-hydrogen) atoms. The second-order valence-corrected chi connectivity index (χ2v) is 4.61. The lowest BCUT2D eigenvalue weighted by Crippen LogP contribution is -2.25. The first-order valence-corrected chi connectivity index (χ1v) is 5.66. The molecule has 102 valence electrons. The average Bonchev–Trinajstić information content (AvgIpc) is 2.32. The summed E-state index contributed by atoms with van der Waals surface area (Å²) in [5, 5.41) is 8.80. The highest BCUT2D eigenvalue weighted by atomic mass is 19.1. The van der Waals surface area contributed by atoms with Crippen molar-refractivity contribution in [1.29, 1.82) is 0 Å². The molecule has 0 radical (unpaired) electrons. The lowest BCUT2D eigenvalue weighted by molar-refractivity contribution is 0.00478. The van der Waals surface area contributed by atoms with Gasteiger partial charge in [-0.2, -0.15) is 0 Å². The first kappa shape index (κ1) is 14.9. The van der Waals surface area contributed by atoms with E-state index < -0.39 is 29.6 Å². The van der Waals surface area contributed by atoms with Gasteiger partial charge >= 0.3 is 0 Å². The van der Waals surface area contributed by atoms with Crippen molar-refractivity contribution in [1.82, 2.24) is 0 Å². The van der Waals surface area contributed by atoms with E-state index in [-0.39, 0.29) is 12.2 Å². The van der Waals surface area contributed by atoms with E-state index in [2.05, 4.69) is 0 Å². The van der Waals surface area contributed by atoms with E-state index in [0.29, 0.717) is 6.42 Å². The molecule has 0 saturated carbocycles. The summed E-state index contributed by atoms with van der Waals surface area (Å²) in [6.07, 6.45) is 0.504. The molecule has 1 N–H and O–H groups in total. The summed E-state index contributed by atoms with van der Waals surface area (Å²) in [5.41, 5.74) is -0.229. The number of methoxy groups -OCH3 is 1. The minimum Gasteiger partial charge on any atom is -0.487 e. The van der Waals surface area contributed by atoms with Crippen molar-refractivity contribution in [2.24, 2.45) is 0 Å². The molecule has 1 aromatic rings. The van der Waals surface area contributed by atoms with Gasteiger partial charge in [0.15, 0.2) is 17.4 Å². The molecule has 1 rings (SSSR count). The molecule has 0 spiro atoms. The molecular weight excluding hydrogens is 242 g/mol. The zero-order valence-corrected chi connectivity index (χ0v) is 10.8. The highest BCUT2D eigenvalue weighted by molar-refractivity contribution is 5.31. The smallest absolute Gasteiger partial charge is 0.190 e. The molecule has 0 aliphatic carbocycles. The summed E-state index contributed by atoms with van der Waals surface area (Å²) in [4.78, 5) is 0. The van der Waals surface area contributed by atoms with Gasteiger partial charge in [-0.3, -0.25) is 0 Å².